The topological polar surface area (TPSA) is 144 Å². The Morgan fingerprint density at radius 1 is 1.15 bits per heavy atom. The summed E-state index contributed by atoms with van der Waals surface area (Å²) in [5.74, 6) is -0.584. The van der Waals surface area contributed by atoms with Gasteiger partial charge in [-0.1, -0.05) is 24.3 Å². The number of benzene rings is 2. The first kappa shape index (κ1) is 17.7. The van der Waals surface area contributed by atoms with Crippen molar-refractivity contribution in [3.05, 3.63) is 79.5 Å². The van der Waals surface area contributed by atoms with Gasteiger partial charge in [-0.05, 0) is 12.5 Å². The van der Waals surface area contributed by atoms with E-state index >= 15 is 0 Å². The van der Waals surface area contributed by atoms with E-state index in [-0.39, 0.29) is 22.6 Å². The lowest BCUT2D eigenvalue weighted by atomic mass is 10.1. The molecule has 27 heavy (non-hydrogen) atoms. The average molecular weight is 367 g/mol. The van der Waals surface area contributed by atoms with Gasteiger partial charge in [0.1, 0.15) is 11.2 Å². The molecule has 1 heterocycles. The number of aromatic amines is 1. The number of H-pyrrole nitrogens is 1. The number of carbonyl (C=O) groups is 1. The van der Waals surface area contributed by atoms with Gasteiger partial charge in [-0.2, -0.15) is 5.10 Å². The number of rotatable bonds is 5. The first-order chi connectivity index (χ1) is 12.9. The number of nitrogens with zero attached hydrogens (tertiary/aromatic N) is 3. The van der Waals surface area contributed by atoms with Crippen LogP contribution in [0.15, 0.2) is 47.6 Å². The number of para-hydroxylation sites is 1. The smallest absolute Gasteiger partial charge is 0.293 e. The van der Waals surface area contributed by atoms with Crippen molar-refractivity contribution in [2.45, 2.75) is 6.92 Å². The van der Waals surface area contributed by atoms with E-state index in [4.69, 9.17) is 0 Å². The standard InChI is InChI=1S/C17H13N5O5/c1-10-13-6-3-7-14(22(26)27)16(13)19-15(10)17(23)20-18-9-11-4-2-5-12(8-11)21(24)25/h2-9,19H,1H3,(H,20,23)/b18-9-. The molecule has 10 heteroatoms. The van der Waals surface area contributed by atoms with Crippen LogP contribution in [0, 0.1) is 27.2 Å². The Labute approximate surface area is 151 Å². The molecular formula is C17H13N5O5. The fourth-order valence-electron chi connectivity index (χ4n) is 2.66. The molecule has 0 aliphatic heterocycles. The number of hydrogen-bond acceptors (Lipinski definition) is 6. The second-order valence-electron chi connectivity index (χ2n) is 5.63. The summed E-state index contributed by atoms with van der Waals surface area (Å²) in [7, 11) is 0. The molecule has 0 saturated carbocycles. The molecule has 10 nitrogen and oxygen atoms in total. The highest BCUT2D eigenvalue weighted by molar-refractivity contribution is 6.03. The summed E-state index contributed by atoms with van der Waals surface area (Å²) in [5.41, 5.74) is 3.48. The van der Waals surface area contributed by atoms with Crippen LogP contribution in [0.2, 0.25) is 0 Å². The van der Waals surface area contributed by atoms with E-state index in [9.17, 15) is 25.0 Å². The minimum absolute atomic E-state index is 0.0935. The van der Waals surface area contributed by atoms with Crippen LogP contribution in [0.3, 0.4) is 0 Å². The van der Waals surface area contributed by atoms with Crippen molar-refractivity contribution in [2.75, 3.05) is 0 Å². The van der Waals surface area contributed by atoms with Gasteiger partial charge in [-0.25, -0.2) is 5.43 Å². The summed E-state index contributed by atoms with van der Waals surface area (Å²) in [6.07, 6.45) is 1.27. The highest BCUT2D eigenvalue weighted by Gasteiger charge is 2.20. The summed E-state index contributed by atoms with van der Waals surface area (Å²) >= 11 is 0. The van der Waals surface area contributed by atoms with Crippen LogP contribution < -0.4 is 5.43 Å². The number of hydrogen-bond donors (Lipinski definition) is 2. The fraction of sp³-hybridized carbons (Fsp3) is 0.0588. The van der Waals surface area contributed by atoms with Crippen LogP contribution >= 0.6 is 0 Å². The quantitative estimate of drug-likeness (QED) is 0.404. The first-order valence-electron chi connectivity index (χ1n) is 7.72. The van der Waals surface area contributed by atoms with Gasteiger partial charge in [0.15, 0.2) is 0 Å². The Morgan fingerprint density at radius 3 is 2.59 bits per heavy atom. The molecule has 0 fully saturated rings. The second-order valence-corrected chi connectivity index (χ2v) is 5.63. The second kappa shape index (κ2) is 7.04. The minimum Gasteiger partial charge on any atom is -0.345 e. The van der Waals surface area contributed by atoms with Gasteiger partial charge in [0, 0.05) is 29.1 Å². The maximum atomic E-state index is 12.3. The Bertz CT molecular complexity index is 1100. The summed E-state index contributed by atoms with van der Waals surface area (Å²) in [6.45, 7) is 1.67. The van der Waals surface area contributed by atoms with E-state index in [1.54, 1.807) is 25.1 Å². The van der Waals surface area contributed by atoms with Gasteiger partial charge >= 0.3 is 0 Å². The first-order valence-corrected chi connectivity index (χ1v) is 7.72. The molecule has 136 valence electrons. The van der Waals surface area contributed by atoms with E-state index < -0.39 is 15.8 Å². The van der Waals surface area contributed by atoms with Gasteiger partial charge in [0.2, 0.25) is 0 Å². The monoisotopic (exact) mass is 367 g/mol. The highest BCUT2D eigenvalue weighted by atomic mass is 16.6. The molecule has 3 aromatic rings. The van der Waals surface area contributed by atoms with Crippen molar-refractivity contribution in [3.8, 4) is 0 Å². The van der Waals surface area contributed by atoms with Crippen molar-refractivity contribution >= 4 is 34.4 Å². The summed E-state index contributed by atoms with van der Waals surface area (Å²) in [4.78, 5) is 35.9. The van der Waals surface area contributed by atoms with Crippen molar-refractivity contribution < 1.29 is 14.6 Å². The summed E-state index contributed by atoms with van der Waals surface area (Å²) < 4.78 is 0. The largest absolute Gasteiger partial charge is 0.345 e. The Hall–Kier alpha value is -4.08. The van der Waals surface area contributed by atoms with Gasteiger partial charge in [-0.3, -0.25) is 25.0 Å². The van der Waals surface area contributed by atoms with Crippen molar-refractivity contribution in [1.82, 2.24) is 10.4 Å². The number of amides is 1. The van der Waals surface area contributed by atoms with Crippen molar-refractivity contribution in [2.24, 2.45) is 5.10 Å². The summed E-state index contributed by atoms with van der Waals surface area (Å²) in [6, 6.07) is 10.3. The SMILES string of the molecule is Cc1c(C(=O)N/N=C\c2cccc([N+](=O)[O-])c2)[nH]c2c([N+](=O)[O-])cccc12. The minimum atomic E-state index is -0.584. The fourth-order valence-corrected chi connectivity index (χ4v) is 2.66. The zero-order chi connectivity index (χ0) is 19.6. The van der Waals surface area contributed by atoms with Gasteiger partial charge in [0.05, 0.1) is 16.1 Å². The van der Waals surface area contributed by atoms with Crippen LogP contribution in [-0.4, -0.2) is 27.0 Å². The lowest BCUT2D eigenvalue weighted by molar-refractivity contribution is -0.384. The van der Waals surface area contributed by atoms with Crippen LogP contribution in [0.5, 0.6) is 0 Å². The molecule has 0 bridgehead atoms. The molecule has 1 aromatic heterocycles. The van der Waals surface area contributed by atoms with E-state index in [1.165, 1.54) is 30.5 Å². The van der Waals surface area contributed by atoms with Crippen molar-refractivity contribution in [3.63, 3.8) is 0 Å². The maximum absolute atomic E-state index is 12.3. The molecule has 0 saturated heterocycles. The van der Waals surface area contributed by atoms with Crippen LogP contribution in [-0.2, 0) is 0 Å². The molecular weight excluding hydrogens is 354 g/mol. The van der Waals surface area contributed by atoms with Crippen molar-refractivity contribution in [1.29, 1.82) is 0 Å². The number of aryl methyl sites for hydroxylation is 1. The Morgan fingerprint density at radius 2 is 1.89 bits per heavy atom. The zero-order valence-corrected chi connectivity index (χ0v) is 14.0. The van der Waals surface area contributed by atoms with Crippen LogP contribution in [0.1, 0.15) is 21.6 Å². The summed E-state index contributed by atoms with van der Waals surface area (Å²) in [5, 5.41) is 26.2. The molecule has 0 atom stereocenters. The number of carbonyl (C=O) groups excluding carboxylic acids is 1. The normalized spacial score (nSPS) is 11.0. The number of nitro benzene ring substituents is 2. The molecule has 1 amide bonds. The van der Waals surface area contributed by atoms with E-state index in [1.807, 2.05) is 0 Å². The number of fused-ring (bicyclic) bond motifs is 1. The Kier molecular flexibility index (Phi) is 4.62. The number of nitro groups is 2. The molecule has 2 N–H and O–H groups in total. The van der Waals surface area contributed by atoms with Gasteiger partial charge < -0.3 is 4.98 Å². The molecule has 0 aliphatic carbocycles. The molecule has 0 unspecified atom stereocenters. The highest BCUT2D eigenvalue weighted by Crippen LogP contribution is 2.29. The molecule has 0 aliphatic rings. The number of nitrogens with one attached hydrogen (secondary N) is 2. The number of aromatic nitrogens is 1. The van der Waals surface area contributed by atoms with Gasteiger partial charge in [-0.15, -0.1) is 0 Å². The third kappa shape index (κ3) is 3.49. The number of non-ortho nitro benzene ring substituents is 2. The maximum Gasteiger partial charge on any atom is 0.293 e. The average Bonchev–Trinajstić information content (AvgIpc) is 2.98. The third-order valence-corrected chi connectivity index (χ3v) is 3.96. The molecule has 3 rings (SSSR count). The predicted molar refractivity (Wildman–Crippen MR) is 97.8 cm³/mol. The number of hydrazone groups is 1. The van der Waals surface area contributed by atoms with Crippen LogP contribution in [0.4, 0.5) is 11.4 Å². The van der Waals surface area contributed by atoms with E-state index in [0.29, 0.717) is 16.5 Å². The third-order valence-electron chi connectivity index (χ3n) is 3.96. The lowest BCUT2D eigenvalue weighted by Gasteiger charge is -1.99. The molecule has 0 spiro atoms. The molecule has 0 radical (unpaired) electrons. The predicted octanol–water partition coefficient (Wildman–Crippen LogP) is 3.06. The lowest BCUT2D eigenvalue weighted by Crippen LogP contribution is -2.19. The zero-order valence-electron chi connectivity index (χ0n) is 14.0. The van der Waals surface area contributed by atoms with E-state index in [0.717, 1.165) is 0 Å². The molecule has 2 aromatic carbocycles. The Balaban J connectivity index is 1.83. The van der Waals surface area contributed by atoms with E-state index in [2.05, 4.69) is 15.5 Å². The van der Waals surface area contributed by atoms with Gasteiger partial charge in [0.25, 0.3) is 17.3 Å². The van der Waals surface area contributed by atoms with Crippen LogP contribution in [0.25, 0.3) is 10.9 Å².